The Hall–Kier alpha value is -1.86. The molecule has 1 N–H and O–H groups in total. The summed E-state index contributed by atoms with van der Waals surface area (Å²) in [6.07, 6.45) is 0. The number of hydrogen-bond acceptors (Lipinski definition) is 4. The molecule has 1 aromatic rings. The van der Waals surface area contributed by atoms with E-state index in [1.807, 2.05) is 0 Å². The molecule has 1 aromatic carbocycles. The maximum Gasteiger partial charge on any atom is 0.239 e. The molecule has 0 aliphatic carbocycles. The van der Waals surface area contributed by atoms with Gasteiger partial charge in [-0.05, 0) is 12.1 Å². The number of nitrogens with one attached hydrogen (secondary N) is 1. The monoisotopic (exact) mass is 298 g/mol. The average Bonchev–Trinajstić information content (AvgIpc) is 2.47. The summed E-state index contributed by atoms with van der Waals surface area (Å²) >= 11 is 0. The number of ketones is 1. The third-order valence-corrected chi connectivity index (χ3v) is 3.38. The van der Waals surface area contributed by atoms with E-state index in [0.717, 1.165) is 12.1 Å². The highest BCUT2D eigenvalue weighted by Crippen LogP contribution is 2.15. The molecule has 0 bridgehead atoms. The van der Waals surface area contributed by atoms with Crippen LogP contribution in [0, 0.1) is 11.6 Å². The van der Waals surface area contributed by atoms with Crippen LogP contribution in [0.5, 0.6) is 0 Å². The van der Waals surface area contributed by atoms with Gasteiger partial charge in [0, 0.05) is 13.6 Å². The summed E-state index contributed by atoms with van der Waals surface area (Å²) in [5.74, 6) is -2.78. The van der Waals surface area contributed by atoms with Gasteiger partial charge in [0.05, 0.1) is 25.3 Å². The van der Waals surface area contributed by atoms with Gasteiger partial charge in [-0.15, -0.1) is 0 Å². The minimum atomic E-state index is -0.898. The van der Waals surface area contributed by atoms with Crippen molar-refractivity contribution in [2.75, 3.05) is 33.4 Å². The number of amides is 1. The van der Waals surface area contributed by atoms with Crippen molar-refractivity contribution in [1.29, 1.82) is 0 Å². The van der Waals surface area contributed by atoms with E-state index in [1.54, 1.807) is 4.90 Å². The molecule has 1 unspecified atom stereocenters. The van der Waals surface area contributed by atoms with Crippen LogP contribution in [0.1, 0.15) is 10.4 Å². The third kappa shape index (κ3) is 3.43. The molecule has 1 heterocycles. The van der Waals surface area contributed by atoms with Crippen molar-refractivity contribution in [3.63, 3.8) is 0 Å². The second kappa shape index (κ2) is 6.73. The molecule has 7 heteroatoms. The molecule has 1 atom stereocenters. The van der Waals surface area contributed by atoms with E-state index >= 15 is 0 Å². The highest BCUT2D eigenvalue weighted by atomic mass is 19.1. The van der Waals surface area contributed by atoms with E-state index in [2.05, 4.69) is 5.32 Å². The van der Waals surface area contributed by atoms with Crippen molar-refractivity contribution in [2.45, 2.75) is 6.04 Å². The lowest BCUT2D eigenvalue weighted by Gasteiger charge is -2.33. The number of likely N-dealkylation sites (N-methyl/N-ethyl adjacent to an activating group) is 1. The van der Waals surface area contributed by atoms with Crippen LogP contribution in [0.4, 0.5) is 8.78 Å². The van der Waals surface area contributed by atoms with E-state index in [0.29, 0.717) is 13.2 Å². The largest absolute Gasteiger partial charge is 0.378 e. The van der Waals surface area contributed by atoms with Crippen molar-refractivity contribution >= 4 is 11.7 Å². The van der Waals surface area contributed by atoms with Gasteiger partial charge in [0.1, 0.15) is 17.7 Å². The third-order valence-electron chi connectivity index (χ3n) is 3.38. The van der Waals surface area contributed by atoms with Crippen molar-refractivity contribution in [1.82, 2.24) is 10.2 Å². The van der Waals surface area contributed by atoms with Gasteiger partial charge in [0.25, 0.3) is 0 Å². The van der Waals surface area contributed by atoms with Gasteiger partial charge in [-0.3, -0.25) is 14.5 Å². The maximum atomic E-state index is 13.6. The molecule has 0 radical (unpaired) electrons. The summed E-state index contributed by atoms with van der Waals surface area (Å²) in [5.41, 5.74) is -0.570. The minimum absolute atomic E-state index is 0.146. The lowest BCUT2D eigenvalue weighted by Crippen LogP contribution is -2.54. The minimum Gasteiger partial charge on any atom is -0.378 e. The van der Waals surface area contributed by atoms with Crippen LogP contribution in [-0.2, 0) is 9.53 Å². The number of rotatable bonds is 4. The SMILES string of the molecule is CNC(=O)C1COCCN1CC(=O)c1c(F)cccc1F. The number of benzene rings is 1. The van der Waals surface area contributed by atoms with Gasteiger partial charge in [-0.25, -0.2) is 8.78 Å². The zero-order valence-corrected chi connectivity index (χ0v) is 11.6. The van der Waals surface area contributed by atoms with E-state index < -0.39 is 29.0 Å². The Morgan fingerprint density at radius 1 is 1.38 bits per heavy atom. The van der Waals surface area contributed by atoms with Gasteiger partial charge in [0.15, 0.2) is 5.78 Å². The maximum absolute atomic E-state index is 13.6. The van der Waals surface area contributed by atoms with Crippen LogP contribution in [0.2, 0.25) is 0 Å². The van der Waals surface area contributed by atoms with Crippen molar-refractivity contribution in [3.05, 3.63) is 35.4 Å². The molecule has 1 aliphatic rings. The van der Waals surface area contributed by atoms with Gasteiger partial charge in [-0.1, -0.05) is 6.07 Å². The molecular weight excluding hydrogens is 282 g/mol. The first-order chi connectivity index (χ1) is 10.0. The lowest BCUT2D eigenvalue weighted by molar-refractivity contribution is -0.131. The van der Waals surface area contributed by atoms with E-state index in [9.17, 15) is 18.4 Å². The number of ether oxygens (including phenoxy) is 1. The molecule has 21 heavy (non-hydrogen) atoms. The molecule has 2 rings (SSSR count). The summed E-state index contributed by atoms with van der Waals surface area (Å²) in [4.78, 5) is 25.4. The standard InChI is InChI=1S/C14H16F2N2O3/c1-17-14(20)11-8-21-6-5-18(11)7-12(19)13-9(15)3-2-4-10(13)16/h2-4,11H,5-8H2,1H3,(H,17,20). The molecule has 0 spiro atoms. The Morgan fingerprint density at radius 2 is 2.05 bits per heavy atom. The first-order valence-electron chi connectivity index (χ1n) is 6.55. The normalized spacial score (nSPS) is 19.3. The Bertz CT molecular complexity index is 531. The molecule has 0 saturated carbocycles. The zero-order valence-electron chi connectivity index (χ0n) is 11.6. The number of nitrogens with zero attached hydrogens (tertiary/aromatic N) is 1. The van der Waals surface area contributed by atoms with E-state index in [4.69, 9.17) is 4.74 Å². The number of halogens is 2. The summed E-state index contributed by atoms with van der Waals surface area (Å²) in [5, 5.41) is 2.48. The van der Waals surface area contributed by atoms with Crippen LogP contribution in [-0.4, -0.2) is 56.0 Å². The smallest absolute Gasteiger partial charge is 0.239 e. The predicted octanol–water partition coefficient (Wildman–Crippen LogP) is 0.594. The van der Waals surface area contributed by atoms with Crippen molar-refractivity contribution < 1.29 is 23.1 Å². The lowest BCUT2D eigenvalue weighted by atomic mass is 10.1. The Kier molecular flexibility index (Phi) is 4.98. The van der Waals surface area contributed by atoms with Crippen LogP contribution in [0.15, 0.2) is 18.2 Å². The Balaban J connectivity index is 2.15. The quantitative estimate of drug-likeness (QED) is 0.827. The number of carbonyl (C=O) groups is 2. The fourth-order valence-electron chi connectivity index (χ4n) is 2.26. The zero-order chi connectivity index (χ0) is 15.4. The van der Waals surface area contributed by atoms with Crippen molar-refractivity contribution in [2.24, 2.45) is 0 Å². The molecule has 1 saturated heterocycles. The Morgan fingerprint density at radius 3 is 2.67 bits per heavy atom. The molecule has 5 nitrogen and oxygen atoms in total. The van der Waals surface area contributed by atoms with Gasteiger partial charge < -0.3 is 10.1 Å². The highest BCUT2D eigenvalue weighted by molar-refractivity contribution is 5.98. The number of hydrogen-bond donors (Lipinski definition) is 1. The van der Waals surface area contributed by atoms with E-state index in [1.165, 1.54) is 13.1 Å². The molecule has 1 fully saturated rings. The molecule has 0 aromatic heterocycles. The van der Waals surface area contributed by atoms with E-state index in [-0.39, 0.29) is 19.1 Å². The second-order valence-electron chi connectivity index (χ2n) is 4.70. The topological polar surface area (TPSA) is 58.6 Å². The Labute approximate surface area is 120 Å². The van der Waals surface area contributed by atoms with Gasteiger partial charge >= 0.3 is 0 Å². The highest BCUT2D eigenvalue weighted by Gasteiger charge is 2.31. The average molecular weight is 298 g/mol. The van der Waals surface area contributed by atoms with Crippen LogP contribution in [0.3, 0.4) is 0 Å². The van der Waals surface area contributed by atoms with Crippen LogP contribution >= 0.6 is 0 Å². The fourth-order valence-corrected chi connectivity index (χ4v) is 2.26. The van der Waals surface area contributed by atoms with Gasteiger partial charge in [-0.2, -0.15) is 0 Å². The first kappa shape index (κ1) is 15.5. The number of morpholine rings is 1. The number of Topliss-reactive ketones (excluding diaryl/α,β-unsaturated/α-hetero) is 1. The van der Waals surface area contributed by atoms with Crippen LogP contribution in [0.25, 0.3) is 0 Å². The molecule has 1 aliphatic heterocycles. The second-order valence-corrected chi connectivity index (χ2v) is 4.70. The van der Waals surface area contributed by atoms with Crippen LogP contribution < -0.4 is 5.32 Å². The fraction of sp³-hybridized carbons (Fsp3) is 0.429. The summed E-state index contributed by atoms with van der Waals surface area (Å²) in [7, 11) is 1.48. The summed E-state index contributed by atoms with van der Waals surface area (Å²) in [6.45, 7) is 0.617. The molecule has 114 valence electrons. The summed E-state index contributed by atoms with van der Waals surface area (Å²) in [6, 6.07) is 2.63. The molecular formula is C14H16F2N2O3. The van der Waals surface area contributed by atoms with Gasteiger partial charge in [0.2, 0.25) is 5.91 Å². The summed E-state index contributed by atoms with van der Waals surface area (Å²) < 4.78 is 32.4. The van der Waals surface area contributed by atoms with Crippen molar-refractivity contribution in [3.8, 4) is 0 Å². The first-order valence-corrected chi connectivity index (χ1v) is 6.55. The molecule has 1 amide bonds. The predicted molar refractivity (Wildman–Crippen MR) is 70.9 cm³/mol. The number of carbonyl (C=O) groups excluding carboxylic acids is 2.